The Hall–Kier alpha value is -2.47. The molecule has 2 N–H and O–H groups in total. The number of hydrogen-bond acceptors (Lipinski definition) is 3. The van der Waals surface area contributed by atoms with Crippen molar-refractivity contribution in [2.24, 2.45) is 5.10 Å². The van der Waals surface area contributed by atoms with Gasteiger partial charge in [-0.1, -0.05) is 46.3 Å². The first kappa shape index (κ1) is 15.9. The zero-order chi connectivity index (χ0) is 15.9. The van der Waals surface area contributed by atoms with Crippen LogP contribution >= 0.6 is 15.9 Å². The number of aryl methyl sites for hydroxylation is 1. The van der Waals surface area contributed by atoms with Crippen LogP contribution in [0.15, 0.2) is 58.1 Å². The van der Waals surface area contributed by atoms with E-state index in [9.17, 15) is 9.59 Å². The van der Waals surface area contributed by atoms with Crippen LogP contribution in [0.1, 0.15) is 11.1 Å². The first-order valence-electron chi connectivity index (χ1n) is 6.52. The number of amides is 2. The summed E-state index contributed by atoms with van der Waals surface area (Å²) in [5.74, 6) is -1.59. The zero-order valence-corrected chi connectivity index (χ0v) is 13.4. The number of rotatable bonds is 3. The molecule has 0 saturated heterocycles. The van der Waals surface area contributed by atoms with E-state index < -0.39 is 11.8 Å². The summed E-state index contributed by atoms with van der Waals surface area (Å²) in [5.41, 5.74) is 4.47. The molecule has 22 heavy (non-hydrogen) atoms. The van der Waals surface area contributed by atoms with Crippen LogP contribution in [0.4, 0.5) is 5.69 Å². The van der Waals surface area contributed by atoms with Gasteiger partial charge in [-0.15, -0.1) is 0 Å². The smallest absolute Gasteiger partial charge is 0.317 e. The molecule has 0 aromatic heterocycles. The number of hydrazone groups is 1. The number of benzene rings is 2. The van der Waals surface area contributed by atoms with Gasteiger partial charge in [0.05, 0.1) is 6.21 Å². The Balaban J connectivity index is 1.92. The fourth-order valence-corrected chi connectivity index (χ4v) is 2.11. The Labute approximate surface area is 136 Å². The highest BCUT2D eigenvalue weighted by atomic mass is 79.9. The van der Waals surface area contributed by atoms with Gasteiger partial charge in [0.15, 0.2) is 0 Å². The second-order valence-electron chi connectivity index (χ2n) is 4.52. The quantitative estimate of drug-likeness (QED) is 0.502. The largest absolute Gasteiger partial charge is 0.329 e. The predicted molar refractivity (Wildman–Crippen MR) is 89.7 cm³/mol. The van der Waals surface area contributed by atoms with Crippen molar-refractivity contribution >= 4 is 39.6 Å². The maximum Gasteiger partial charge on any atom is 0.329 e. The van der Waals surface area contributed by atoms with Crippen LogP contribution in [0.25, 0.3) is 0 Å². The molecule has 0 unspecified atom stereocenters. The summed E-state index contributed by atoms with van der Waals surface area (Å²) in [6.07, 6.45) is 1.46. The van der Waals surface area contributed by atoms with Gasteiger partial charge in [0, 0.05) is 10.2 Å². The second kappa shape index (κ2) is 7.51. The van der Waals surface area contributed by atoms with Gasteiger partial charge in [-0.05, 0) is 36.2 Å². The number of anilines is 1. The highest BCUT2D eigenvalue weighted by Gasteiger charge is 2.13. The molecule has 0 aliphatic rings. The predicted octanol–water partition coefficient (Wildman–Crippen LogP) is 2.85. The Morgan fingerprint density at radius 3 is 2.59 bits per heavy atom. The van der Waals surface area contributed by atoms with E-state index in [1.54, 1.807) is 12.1 Å². The number of para-hydroxylation sites is 1. The van der Waals surface area contributed by atoms with E-state index in [0.717, 1.165) is 15.6 Å². The Bertz CT molecular complexity index is 729. The van der Waals surface area contributed by atoms with Crippen molar-refractivity contribution in [3.63, 3.8) is 0 Å². The van der Waals surface area contributed by atoms with E-state index in [1.165, 1.54) is 6.21 Å². The van der Waals surface area contributed by atoms with Crippen LogP contribution in [-0.2, 0) is 9.59 Å². The van der Waals surface area contributed by atoms with Gasteiger partial charge in [-0.3, -0.25) is 9.59 Å². The fraction of sp³-hybridized carbons (Fsp3) is 0.0625. The number of carbonyl (C=O) groups excluding carboxylic acids is 2. The molecule has 0 fully saturated rings. The molecule has 0 heterocycles. The van der Waals surface area contributed by atoms with Gasteiger partial charge in [-0.2, -0.15) is 5.10 Å². The van der Waals surface area contributed by atoms with Crippen molar-refractivity contribution < 1.29 is 9.59 Å². The minimum absolute atomic E-state index is 0.596. The summed E-state index contributed by atoms with van der Waals surface area (Å²) in [6, 6.07) is 14.6. The molecule has 0 radical (unpaired) electrons. The van der Waals surface area contributed by atoms with Crippen LogP contribution in [-0.4, -0.2) is 18.0 Å². The van der Waals surface area contributed by atoms with E-state index >= 15 is 0 Å². The normalized spacial score (nSPS) is 10.5. The molecular weight excluding hydrogens is 346 g/mol. The van der Waals surface area contributed by atoms with Crippen LogP contribution in [0.5, 0.6) is 0 Å². The zero-order valence-electron chi connectivity index (χ0n) is 11.8. The van der Waals surface area contributed by atoms with Gasteiger partial charge in [0.25, 0.3) is 0 Å². The van der Waals surface area contributed by atoms with E-state index in [0.29, 0.717) is 5.69 Å². The van der Waals surface area contributed by atoms with E-state index in [1.807, 2.05) is 43.3 Å². The maximum atomic E-state index is 11.8. The monoisotopic (exact) mass is 359 g/mol. The highest BCUT2D eigenvalue weighted by Crippen LogP contribution is 2.12. The minimum Gasteiger partial charge on any atom is -0.317 e. The summed E-state index contributed by atoms with van der Waals surface area (Å²) in [7, 11) is 0. The average molecular weight is 360 g/mol. The molecule has 0 aliphatic carbocycles. The Kier molecular flexibility index (Phi) is 5.43. The topological polar surface area (TPSA) is 70.6 Å². The van der Waals surface area contributed by atoms with E-state index in [-0.39, 0.29) is 0 Å². The molecule has 0 bridgehead atoms. The second-order valence-corrected chi connectivity index (χ2v) is 5.44. The molecule has 0 spiro atoms. The lowest BCUT2D eigenvalue weighted by Gasteiger charge is -2.06. The molecule has 112 valence electrons. The van der Waals surface area contributed by atoms with Gasteiger partial charge in [0.1, 0.15) is 0 Å². The van der Waals surface area contributed by atoms with Crippen LogP contribution < -0.4 is 10.7 Å². The van der Waals surface area contributed by atoms with Crippen molar-refractivity contribution in [3.05, 3.63) is 64.1 Å². The molecule has 2 aromatic carbocycles. The third-order valence-electron chi connectivity index (χ3n) is 2.83. The number of carbonyl (C=O) groups is 2. The van der Waals surface area contributed by atoms with Crippen molar-refractivity contribution in [2.45, 2.75) is 6.92 Å². The summed E-state index contributed by atoms with van der Waals surface area (Å²) in [6.45, 7) is 1.85. The average Bonchev–Trinajstić information content (AvgIpc) is 2.49. The third-order valence-corrected chi connectivity index (χ3v) is 3.32. The fourth-order valence-electron chi connectivity index (χ4n) is 1.70. The van der Waals surface area contributed by atoms with E-state index in [2.05, 4.69) is 31.8 Å². The SMILES string of the molecule is Cc1ccccc1NC(=O)C(=O)NN=Cc1cccc(Br)c1. The minimum atomic E-state index is -0.825. The number of nitrogens with zero attached hydrogens (tertiary/aromatic N) is 1. The van der Waals surface area contributed by atoms with Crippen molar-refractivity contribution in [1.29, 1.82) is 0 Å². The van der Waals surface area contributed by atoms with Crippen LogP contribution in [0.2, 0.25) is 0 Å². The molecule has 5 nitrogen and oxygen atoms in total. The number of hydrogen-bond donors (Lipinski definition) is 2. The maximum absolute atomic E-state index is 11.8. The van der Waals surface area contributed by atoms with Gasteiger partial charge in [0.2, 0.25) is 0 Å². The van der Waals surface area contributed by atoms with Gasteiger partial charge < -0.3 is 5.32 Å². The van der Waals surface area contributed by atoms with Gasteiger partial charge >= 0.3 is 11.8 Å². The summed E-state index contributed by atoms with van der Waals surface area (Å²) in [5, 5.41) is 6.30. The van der Waals surface area contributed by atoms with Crippen molar-refractivity contribution in [3.8, 4) is 0 Å². The summed E-state index contributed by atoms with van der Waals surface area (Å²) < 4.78 is 0.903. The molecule has 0 saturated carbocycles. The Morgan fingerprint density at radius 2 is 1.86 bits per heavy atom. The molecular formula is C16H14BrN3O2. The molecule has 2 amide bonds. The van der Waals surface area contributed by atoms with Gasteiger partial charge in [-0.25, -0.2) is 5.43 Å². The summed E-state index contributed by atoms with van der Waals surface area (Å²) >= 11 is 3.34. The van der Waals surface area contributed by atoms with E-state index in [4.69, 9.17) is 0 Å². The standard InChI is InChI=1S/C16H14BrN3O2/c1-11-5-2-3-8-14(11)19-15(21)16(22)20-18-10-12-6-4-7-13(17)9-12/h2-10H,1H3,(H,19,21)(H,20,22). The first-order chi connectivity index (χ1) is 10.6. The number of halogens is 1. The van der Waals surface area contributed by atoms with Crippen LogP contribution in [0, 0.1) is 6.92 Å². The third kappa shape index (κ3) is 4.53. The molecule has 0 atom stereocenters. The lowest BCUT2D eigenvalue weighted by Crippen LogP contribution is -2.32. The number of nitrogens with one attached hydrogen (secondary N) is 2. The Morgan fingerprint density at radius 1 is 1.09 bits per heavy atom. The lowest BCUT2D eigenvalue weighted by molar-refractivity contribution is -0.136. The van der Waals surface area contributed by atoms with Crippen molar-refractivity contribution in [1.82, 2.24) is 5.43 Å². The van der Waals surface area contributed by atoms with Crippen molar-refractivity contribution in [2.75, 3.05) is 5.32 Å². The molecule has 2 aromatic rings. The molecule has 6 heteroatoms. The molecule has 0 aliphatic heterocycles. The first-order valence-corrected chi connectivity index (χ1v) is 7.31. The van der Waals surface area contributed by atoms with Crippen LogP contribution in [0.3, 0.4) is 0 Å². The lowest BCUT2D eigenvalue weighted by atomic mass is 10.2. The molecule has 2 rings (SSSR count). The summed E-state index contributed by atoms with van der Waals surface area (Å²) in [4.78, 5) is 23.4. The highest BCUT2D eigenvalue weighted by molar-refractivity contribution is 9.10.